The van der Waals surface area contributed by atoms with E-state index in [-0.39, 0.29) is 78.7 Å². The van der Waals surface area contributed by atoms with E-state index in [0.717, 1.165) is 5.69 Å². The van der Waals surface area contributed by atoms with Crippen molar-refractivity contribution in [2.24, 2.45) is 5.92 Å². The maximum Gasteiger partial charge on any atom is 0.355 e. The van der Waals surface area contributed by atoms with Crippen LogP contribution in [-0.2, 0) is 28.5 Å². The number of aryl methyl sites for hydroxylation is 3. The third-order valence-electron chi connectivity index (χ3n) is 14.6. The lowest BCUT2D eigenvalue weighted by atomic mass is 9.81. The summed E-state index contributed by atoms with van der Waals surface area (Å²) in [5, 5.41) is 59.3. The Hall–Kier alpha value is -7.44. The number of H-pyrrole nitrogens is 3. The number of hydrogen-bond donors (Lipinski definition) is 9. The number of fused-ring (bicyclic) bond motifs is 2. The molecule has 0 bridgehead atoms. The fourth-order valence-corrected chi connectivity index (χ4v) is 10.3. The Morgan fingerprint density at radius 1 is 0.779 bits per heavy atom. The molecule has 0 aliphatic carbocycles. The molecule has 2 aromatic carbocycles. The molecule has 1 amide bonds. The molecule has 22 heteroatoms. The largest absolute Gasteiger partial charge is 0.506 e. The molecule has 22 nitrogen and oxygen atoms in total. The number of carbonyl (C=O) groups is 3. The van der Waals surface area contributed by atoms with E-state index in [2.05, 4.69) is 26.8 Å². The minimum atomic E-state index is -1.64. The maximum atomic E-state index is 13.9. The van der Waals surface area contributed by atoms with Crippen molar-refractivity contribution in [3.8, 4) is 34.1 Å². The molecule has 9 rings (SSSR count). The highest BCUT2D eigenvalue weighted by Gasteiger charge is 2.54. The number of methoxy groups -OCH3 is 1. The monoisotopic (exact) mass is 1070 g/mol. The Bertz CT molecular complexity index is 3350. The molecule has 2 saturated heterocycles. The number of hydrogen-bond acceptors (Lipinski definition) is 18. The van der Waals surface area contributed by atoms with Gasteiger partial charge in [-0.3, -0.25) is 4.79 Å². The van der Waals surface area contributed by atoms with Crippen LogP contribution in [0.15, 0.2) is 70.5 Å². The van der Waals surface area contributed by atoms with Crippen molar-refractivity contribution in [2.45, 2.75) is 129 Å². The number of benzene rings is 2. The highest BCUT2D eigenvalue weighted by molar-refractivity contribution is 6.00. The molecule has 7 heterocycles. The fraction of sp³-hybridized carbons (Fsp3) is 0.418. The first-order valence-electron chi connectivity index (χ1n) is 24.7. The molecule has 4 aromatic heterocycles. The molecule has 3 aliphatic heterocycles. The first-order valence-corrected chi connectivity index (χ1v) is 24.7. The smallest absolute Gasteiger partial charge is 0.355 e. The zero-order chi connectivity index (χ0) is 55.7. The lowest BCUT2D eigenvalue weighted by molar-refractivity contribution is -0.304. The summed E-state index contributed by atoms with van der Waals surface area (Å²) in [6.07, 6.45) is -9.12. The summed E-state index contributed by atoms with van der Waals surface area (Å²) >= 11 is 0. The average molecular weight is 1070 g/mol. The first-order chi connectivity index (χ1) is 36.3. The minimum Gasteiger partial charge on any atom is -0.506 e. The number of aromatic amines is 3. The number of ether oxygens (including phenoxy) is 8. The van der Waals surface area contributed by atoms with Crippen LogP contribution in [0.2, 0.25) is 0 Å². The third-order valence-corrected chi connectivity index (χ3v) is 14.6. The molecule has 0 radical (unpaired) electrons. The molecule has 10 atom stereocenters. The molecule has 3 aliphatic rings. The summed E-state index contributed by atoms with van der Waals surface area (Å²) in [4.78, 5) is 63.2. The Morgan fingerprint density at radius 2 is 1.39 bits per heavy atom. The number of esters is 2. The van der Waals surface area contributed by atoms with Gasteiger partial charge in [0, 0.05) is 46.9 Å². The van der Waals surface area contributed by atoms with Gasteiger partial charge in [-0.2, -0.15) is 0 Å². The predicted molar refractivity (Wildman–Crippen MR) is 273 cm³/mol. The van der Waals surface area contributed by atoms with E-state index in [0.29, 0.717) is 11.4 Å². The lowest BCUT2D eigenvalue weighted by Crippen LogP contribution is -2.64. The van der Waals surface area contributed by atoms with Gasteiger partial charge in [0.05, 0.1) is 34.8 Å². The van der Waals surface area contributed by atoms with Crippen molar-refractivity contribution >= 4 is 34.6 Å². The van der Waals surface area contributed by atoms with Crippen LogP contribution in [0.3, 0.4) is 0 Å². The second kappa shape index (κ2) is 20.5. The number of amides is 1. The van der Waals surface area contributed by atoms with E-state index in [9.17, 15) is 44.7 Å². The number of aliphatic hydroxyl groups is 4. The number of aliphatic hydroxyl groups excluding tert-OH is 4. The summed E-state index contributed by atoms with van der Waals surface area (Å²) in [7, 11) is 1.47. The average Bonchev–Trinajstić information content (AvgIpc) is 4.17. The number of aromatic hydroxyl groups is 1. The zero-order valence-corrected chi connectivity index (χ0v) is 43.9. The van der Waals surface area contributed by atoms with Gasteiger partial charge in [0.15, 0.2) is 24.4 Å². The van der Waals surface area contributed by atoms with Crippen LogP contribution in [0.5, 0.6) is 23.0 Å². The van der Waals surface area contributed by atoms with Gasteiger partial charge in [0.1, 0.15) is 69.6 Å². The Labute approximate surface area is 440 Å². The second-order valence-corrected chi connectivity index (χ2v) is 20.6. The Morgan fingerprint density at radius 3 is 2.01 bits per heavy atom. The zero-order valence-electron chi connectivity index (χ0n) is 43.9. The number of rotatable bonds is 14. The third kappa shape index (κ3) is 9.85. The normalized spacial score (nSPS) is 25.6. The van der Waals surface area contributed by atoms with Gasteiger partial charge in [0.25, 0.3) is 5.91 Å². The Balaban J connectivity index is 0.900. The standard InChI is InChI=1S/C55H62N4O18/c1-22-12-16-32(57-22)27(6)70-46-42(64)53(77-55(9,10)47(46)69-11)72-34-18-14-28-39(61)36(50(67)73-43(28)25(34)4)30-20-56-37(24(30)3)48(65)59-38-40(62)29-15-19-35(26(5)44(29)74-51(38)68)71-52-41(63)45(31(21-60)54(7,8)76-52)75-49(66)33-17-13-23(2)58-33/h12-20,31,38,40-42,45-47,52-53,56-58,60-64H,6,21H2,1-5,7-11H3,(H,59,65)/t31-,38?,40?,41?,42?,45+,46+,47+,52-,53+/m1/s1. The van der Waals surface area contributed by atoms with Crippen molar-refractivity contribution in [1.29, 1.82) is 0 Å². The topological polar surface area (TPSA) is 316 Å². The SMILES string of the molecule is C=C(O[C@H]1C(O)[C@@H](Oc2ccc3c(O)c(-c4c[nH]c(C(=O)NC5C(=O)Oc6c(ccc(O[C@@H]7OC(C)(C)[C@H](CO)[C@H](OC(=O)c8ccc(C)[nH]8)C7O)c6C)C5O)c4C)c(=O)oc3c2C)OC(C)(C)[C@H]1OC)c1ccc(C)[nH]1. The second-order valence-electron chi connectivity index (χ2n) is 20.6. The molecule has 77 heavy (non-hydrogen) atoms. The van der Waals surface area contributed by atoms with E-state index < -0.39 is 108 Å². The van der Waals surface area contributed by atoms with Crippen molar-refractivity contribution in [1.82, 2.24) is 20.3 Å². The maximum absolute atomic E-state index is 13.9. The van der Waals surface area contributed by atoms with Crippen LogP contribution in [0.4, 0.5) is 0 Å². The van der Waals surface area contributed by atoms with E-state index in [1.807, 2.05) is 13.0 Å². The molecule has 2 fully saturated rings. The molecular weight excluding hydrogens is 1000 g/mol. The van der Waals surface area contributed by atoms with E-state index >= 15 is 0 Å². The van der Waals surface area contributed by atoms with Crippen molar-refractivity contribution < 1.29 is 82.2 Å². The van der Waals surface area contributed by atoms with Gasteiger partial charge in [-0.05, 0) is 116 Å². The quantitative estimate of drug-likeness (QED) is 0.0297. The van der Waals surface area contributed by atoms with Crippen molar-refractivity contribution in [3.05, 3.63) is 122 Å². The van der Waals surface area contributed by atoms with Gasteiger partial charge >= 0.3 is 17.6 Å². The number of nitrogens with one attached hydrogen (secondary N) is 4. The van der Waals surface area contributed by atoms with Gasteiger partial charge in [-0.1, -0.05) is 6.58 Å². The predicted octanol–water partition coefficient (Wildman–Crippen LogP) is 5.10. The molecule has 0 saturated carbocycles. The summed E-state index contributed by atoms with van der Waals surface area (Å²) in [5.41, 5.74) is -0.383. The molecule has 410 valence electrons. The summed E-state index contributed by atoms with van der Waals surface area (Å²) in [6.45, 7) is 18.6. The van der Waals surface area contributed by atoms with Crippen molar-refractivity contribution in [2.75, 3.05) is 13.7 Å². The van der Waals surface area contributed by atoms with Crippen LogP contribution >= 0.6 is 0 Å². The van der Waals surface area contributed by atoms with E-state index in [4.69, 9.17) is 42.3 Å². The van der Waals surface area contributed by atoms with Gasteiger partial charge < -0.3 is 88.1 Å². The summed E-state index contributed by atoms with van der Waals surface area (Å²) in [5.74, 6) is -3.58. The molecule has 9 N–H and O–H groups in total. The van der Waals surface area contributed by atoms with Crippen molar-refractivity contribution in [3.63, 3.8) is 0 Å². The van der Waals surface area contributed by atoms with E-state index in [1.165, 1.54) is 57.5 Å². The molecule has 6 aromatic rings. The van der Waals surface area contributed by atoms with Crippen LogP contribution in [0, 0.1) is 40.5 Å². The van der Waals surface area contributed by atoms with Crippen LogP contribution in [0.25, 0.3) is 27.9 Å². The fourth-order valence-electron chi connectivity index (χ4n) is 10.3. The van der Waals surface area contributed by atoms with Crippen LogP contribution in [-0.4, -0.2) is 132 Å². The lowest BCUT2D eigenvalue weighted by Gasteiger charge is -2.48. The minimum absolute atomic E-state index is 0.0309. The van der Waals surface area contributed by atoms with Crippen LogP contribution in [0.1, 0.15) is 94.1 Å². The molecule has 4 unspecified atom stereocenters. The van der Waals surface area contributed by atoms with Gasteiger partial charge in [0.2, 0.25) is 12.6 Å². The number of carbonyl (C=O) groups excluding carboxylic acids is 3. The summed E-state index contributed by atoms with van der Waals surface area (Å²) in [6, 6.07) is 11.1. The summed E-state index contributed by atoms with van der Waals surface area (Å²) < 4.78 is 53.9. The highest BCUT2D eigenvalue weighted by Crippen LogP contribution is 2.44. The Kier molecular flexibility index (Phi) is 14.5. The van der Waals surface area contributed by atoms with Gasteiger partial charge in [-0.25, -0.2) is 14.4 Å². The highest BCUT2D eigenvalue weighted by atomic mass is 16.7. The van der Waals surface area contributed by atoms with Crippen LogP contribution < -0.4 is 25.2 Å². The van der Waals surface area contributed by atoms with E-state index in [1.54, 1.807) is 53.7 Å². The number of aromatic nitrogens is 3. The van der Waals surface area contributed by atoms with Gasteiger partial charge in [-0.15, -0.1) is 0 Å². The molecular formula is C55H62N4O18. The first kappa shape index (κ1) is 54.4. The molecule has 0 spiro atoms.